The van der Waals surface area contributed by atoms with Gasteiger partial charge < -0.3 is 19.5 Å². The van der Waals surface area contributed by atoms with Crippen LogP contribution in [0.2, 0.25) is 0 Å². The zero-order valence-electron chi connectivity index (χ0n) is 12.0. The highest BCUT2D eigenvalue weighted by atomic mass is 16.6. The first-order valence-electron chi connectivity index (χ1n) is 6.96. The monoisotopic (exact) mass is 310 g/mol. The molecule has 1 aromatic rings. The van der Waals surface area contributed by atoms with Crippen LogP contribution in [0.1, 0.15) is 18.6 Å². The standard InChI is InChI=1S/C12H16N2O2.C2H2O4/c1-2-11(15-7-1)9-16-13-12-8-14-5-3-10(12)4-6-14;3-1(4)2(5)6/h1-2,7,10H,3-6,8-9H2;(H,3,4)(H,5,6). The Balaban J connectivity index is 0.000000254. The molecule has 22 heavy (non-hydrogen) atoms. The van der Waals surface area contributed by atoms with Crippen LogP contribution in [-0.2, 0) is 21.0 Å². The van der Waals surface area contributed by atoms with E-state index in [1.807, 2.05) is 12.1 Å². The van der Waals surface area contributed by atoms with Crippen molar-refractivity contribution in [3.05, 3.63) is 24.2 Å². The first-order valence-corrected chi connectivity index (χ1v) is 6.96. The van der Waals surface area contributed by atoms with Crippen molar-refractivity contribution in [1.29, 1.82) is 0 Å². The number of hydrogen-bond donors (Lipinski definition) is 2. The molecule has 0 saturated carbocycles. The first kappa shape index (κ1) is 16.0. The van der Waals surface area contributed by atoms with Gasteiger partial charge in [-0.2, -0.15) is 0 Å². The molecule has 4 heterocycles. The number of aliphatic carboxylic acids is 2. The van der Waals surface area contributed by atoms with Crippen LogP contribution < -0.4 is 0 Å². The van der Waals surface area contributed by atoms with Crippen LogP contribution in [-0.4, -0.2) is 52.4 Å². The highest BCUT2D eigenvalue weighted by Gasteiger charge is 2.31. The zero-order valence-corrected chi connectivity index (χ0v) is 12.0. The SMILES string of the molecule is O=C(O)C(=O)O.c1coc(CON=C2CN3CCC2CC3)c1. The Labute approximate surface area is 127 Å². The number of furan rings is 1. The molecule has 8 heteroatoms. The van der Waals surface area contributed by atoms with Gasteiger partial charge in [0.15, 0.2) is 6.61 Å². The number of fused-ring (bicyclic) bond motifs is 3. The van der Waals surface area contributed by atoms with Crippen molar-refractivity contribution in [2.75, 3.05) is 19.6 Å². The van der Waals surface area contributed by atoms with E-state index in [1.54, 1.807) is 6.26 Å². The van der Waals surface area contributed by atoms with Gasteiger partial charge in [-0.05, 0) is 38.1 Å². The van der Waals surface area contributed by atoms with Crippen molar-refractivity contribution < 1.29 is 29.1 Å². The summed E-state index contributed by atoms with van der Waals surface area (Å²) in [6, 6.07) is 3.76. The average molecular weight is 310 g/mol. The van der Waals surface area contributed by atoms with Gasteiger partial charge in [0, 0.05) is 12.5 Å². The molecule has 2 N–H and O–H groups in total. The second-order valence-corrected chi connectivity index (χ2v) is 5.10. The minimum absolute atomic E-state index is 0.434. The van der Waals surface area contributed by atoms with Crippen molar-refractivity contribution in [1.82, 2.24) is 4.90 Å². The minimum Gasteiger partial charge on any atom is -0.473 e. The van der Waals surface area contributed by atoms with Crippen LogP contribution in [0.15, 0.2) is 28.0 Å². The van der Waals surface area contributed by atoms with Crippen LogP contribution in [0.5, 0.6) is 0 Å². The summed E-state index contributed by atoms with van der Waals surface area (Å²) in [5.74, 6) is -2.17. The van der Waals surface area contributed by atoms with Gasteiger partial charge in [0.1, 0.15) is 5.76 Å². The molecule has 0 spiro atoms. The fraction of sp³-hybridized carbons (Fsp3) is 0.500. The maximum absolute atomic E-state index is 9.10. The zero-order chi connectivity index (χ0) is 15.9. The molecule has 3 saturated heterocycles. The lowest BCUT2D eigenvalue weighted by atomic mass is 9.87. The average Bonchev–Trinajstić information content (AvgIpc) is 3.02. The molecule has 0 aliphatic carbocycles. The van der Waals surface area contributed by atoms with Gasteiger partial charge in [0.05, 0.1) is 12.0 Å². The smallest absolute Gasteiger partial charge is 0.414 e. The van der Waals surface area contributed by atoms with Crippen LogP contribution in [0.4, 0.5) is 0 Å². The van der Waals surface area contributed by atoms with E-state index < -0.39 is 11.9 Å². The van der Waals surface area contributed by atoms with Crippen molar-refractivity contribution in [3.8, 4) is 0 Å². The highest BCUT2D eigenvalue weighted by molar-refractivity contribution is 6.27. The maximum atomic E-state index is 9.10. The summed E-state index contributed by atoms with van der Waals surface area (Å²) in [6.07, 6.45) is 4.13. The molecule has 0 unspecified atom stereocenters. The molecule has 4 rings (SSSR count). The molecule has 2 bridgehead atoms. The van der Waals surface area contributed by atoms with Crippen molar-refractivity contribution in [3.63, 3.8) is 0 Å². The number of hydrogen-bond acceptors (Lipinski definition) is 6. The number of nitrogens with zero attached hydrogens (tertiary/aromatic N) is 2. The largest absolute Gasteiger partial charge is 0.473 e. The molecule has 8 nitrogen and oxygen atoms in total. The van der Waals surface area contributed by atoms with E-state index in [1.165, 1.54) is 31.6 Å². The van der Waals surface area contributed by atoms with E-state index in [-0.39, 0.29) is 0 Å². The number of oxime groups is 1. The van der Waals surface area contributed by atoms with Crippen molar-refractivity contribution in [2.45, 2.75) is 19.4 Å². The Hall–Kier alpha value is -2.35. The van der Waals surface area contributed by atoms with Gasteiger partial charge >= 0.3 is 11.9 Å². The number of carboxylic acids is 2. The van der Waals surface area contributed by atoms with Gasteiger partial charge in [0.2, 0.25) is 0 Å². The van der Waals surface area contributed by atoms with Gasteiger partial charge in [-0.1, -0.05) is 5.16 Å². The second-order valence-electron chi connectivity index (χ2n) is 5.10. The molecule has 1 aromatic heterocycles. The third-order valence-corrected chi connectivity index (χ3v) is 3.60. The maximum Gasteiger partial charge on any atom is 0.414 e. The Morgan fingerprint density at radius 1 is 1.32 bits per heavy atom. The quantitative estimate of drug-likeness (QED) is 0.633. The molecule has 3 aliphatic heterocycles. The van der Waals surface area contributed by atoms with E-state index in [4.69, 9.17) is 29.1 Å². The number of carbonyl (C=O) groups is 2. The third kappa shape index (κ3) is 4.59. The third-order valence-electron chi connectivity index (χ3n) is 3.60. The van der Waals surface area contributed by atoms with Crippen LogP contribution >= 0.6 is 0 Å². The van der Waals surface area contributed by atoms with E-state index in [2.05, 4.69) is 10.1 Å². The first-order chi connectivity index (χ1) is 10.6. The molecule has 3 fully saturated rings. The number of carboxylic acid groups (broad SMARTS) is 2. The predicted octanol–water partition coefficient (Wildman–Crippen LogP) is 1.03. The van der Waals surface area contributed by atoms with Gasteiger partial charge in [0.25, 0.3) is 0 Å². The summed E-state index contributed by atoms with van der Waals surface area (Å²) in [6.45, 7) is 3.87. The summed E-state index contributed by atoms with van der Waals surface area (Å²) in [5, 5.41) is 19.0. The lowest BCUT2D eigenvalue weighted by Crippen LogP contribution is -2.47. The summed E-state index contributed by atoms with van der Waals surface area (Å²) in [7, 11) is 0. The van der Waals surface area contributed by atoms with E-state index in [0.717, 1.165) is 12.3 Å². The Kier molecular flexibility index (Phi) is 5.54. The number of rotatable bonds is 3. The highest BCUT2D eigenvalue weighted by Crippen LogP contribution is 2.25. The summed E-state index contributed by atoms with van der Waals surface area (Å²) in [4.78, 5) is 26.0. The molecular weight excluding hydrogens is 292 g/mol. The lowest BCUT2D eigenvalue weighted by Gasteiger charge is -2.39. The predicted molar refractivity (Wildman–Crippen MR) is 75.4 cm³/mol. The summed E-state index contributed by atoms with van der Waals surface area (Å²) >= 11 is 0. The fourth-order valence-corrected chi connectivity index (χ4v) is 2.46. The Morgan fingerprint density at radius 2 is 2.00 bits per heavy atom. The van der Waals surface area contributed by atoms with E-state index in [0.29, 0.717) is 12.5 Å². The molecule has 0 aromatic carbocycles. The molecule has 0 radical (unpaired) electrons. The molecule has 0 amide bonds. The topological polar surface area (TPSA) is 113 Å². The van der Waals surface area contributed by atoms with Crippen LogP contribution in [0.25, 0.3) is 0 Å². The molecule has 120 valence electrons. The van der Waals surface area contributed by atoms with Crippen LogP contribution in [0, 0.1) is 5.92 Å². The van der Waals surface area contributed by atoms with Crippen LogP contribution in [0.3, 0.4) is 0 Å². The lowest BCUT2D eigenvalue weighted by molar-refractivity contribution is -0.159. The molecular formula is C14H18N2O6. The number of piperidine rings is 3. The summed E-state index contributed by atoms with van der Waals surface area (Å²) in [5.41, 5.74) is 1.21. The van der Waals surface area contributed by atoms with Gasteiger partial charge in [-0.25, -0.2) is 9.59 Å². The summed E-state index contributed by atoms with van der Waals surface area (Å²) < 4.78 is 5.18. The normalized spacial score (nSPS) is 24.5. The van der Waals surface area contributed by atoms with E-state index >= 15 is 0 Å². The minimum atomic E-state index is -1.82. The second kappa shape index (κ2) is 7.60. The molecule has 0 atom stereocenters. The molecule has 3 aliphatic rings. The van der Waals surface area contributed by atoms with Gasteiger partial charge in [-0.15, -0.1) is 0 Å². The Morgan fingerprint density at radius 3 is 2.45 bits per heavy atom. The van der Waals surface area contributed by atoms with E-state index in [9.17, 15) is 0 Å². The Bertz CT molecular complexity index is 520. The van der Waals surface area contributed by atoms with Crippen molar-refractivity contribution >= 4 is 17.7 Å². The van der Waals surface area contributed by atoms with Gasteiger partial charge in [-0.3, -0.25) is 4.90 Å². The van der Waals surface area contributed by atoms with Crippen molar-refractivity contribution in [2.24, 2.45) is 11.1 Å². The fourth-order valence-electron chi connectivity index (χ4n) is 2.46.